The molecule has 0 saturated carbocycles. The Morgan fingerprint density at radius 2 is 1.81 bits per heavy atom. The van der Waals surface area contributed by atoms with Crippen molar-refractivity contribution in [3.05, 3.63) is 46.8 Å². The number of fused-ring (bicyclic) bond motifs is 1. The number of piperazine rings is 1. The van der Waals surface area contributed by atoms with Crippen molar-refractivity contribution in [2.45, 2.75) is 33.7 Å². The molecule has 3 aromatic rings. The Balaban J connectivity index is 1.53. The molecule has 7 heteroatoms. The summed E-state index contributed by atoms with van der Waals surface area (Å²) in [6, 6.07) is 7.85. The lowest BCUT2D eigenvalue weighted by Crippen LogP contribution is -2.44. The zero-order valence-electron chi connectivity index (χ0n) is 19.1. The van der Waals surface area contributed by atoms with Gasteiger partial charge in [0.05, 0.1) is 17.6 Å². The number of aromatic nitrogens is 3. The first-order chi connectivity index (χ1) is 14.9. The van der Waals surface area contributed by atoms with Crippen molar-refractivity contribution in [3.63, 3.8) is 0 Å². The summed E-state index contributed by atoms with van der Waals surface area (Å²) in [5.41, 5.74) is 6.01. The first-order valence-electron chi connectivity index (χ1n) is 11.2. The molecule has 1 aromatic carbocycles. The van der Waals surface area contributed by atoms with Crippen molar-refractivity contribution in [2.75, 3.05) is 51.6 Å². The smallest absolute Gasteiger partial charge is 0.204 e. The van der Waals surface area contributed by atoms with Crippen LogP contribution in [-0.4, -0.2) is 75.8 Å². The van der Waals surface area contributed by atoms with Gasteiger partial charge in [0.1, 0.15) is 11.4 Å². The lowest BCUT2D eigenvalue weighted by atomic mass is 10.1. The normalized spacial score (nSPS) is 15.6. The molecule has 3 heterocycles. The van der Waals surface area contributed by atoms with Crippen molar-refractivity contribution in [3.8, 4) is 5.75 Å². The molecule has 1 aliphatic heterocycles. The molecule has 0 bridgehead atoms. The number of imidazole rings is 1. The second-order valence-corrected chi connectivity index (χ2v) is 8.81. The van der Waals surface area contributed by atoms with E-state index in [1.165, 1.54) is 11.1 Å². The largest absolute Gasteiger partial charge is 0.506 e. The average Bonchev–Trinajstić information content (AvgIpc) is 3.06. The number of benzene rings is 1. The van der Waals surface area contributed by atoms with E-state index >= 15 is 0 Å². The molecule has 1 saturated heterocycles. The van der Waals surface area contributed by atoms with E-state index in [1.54, 1.807) is 6.07 Å². The molecule has 0 radical (unpaired) electrons. The molecule has 0 aliphatic carbocycles. The molecule has 31 heavy (non-hydrogen) atoms. The maximum Gasteiger partial charge on any atom is 0.204 e. The number of rotatable bonds is 7. The van der Waals surface area contributed by atoms with Gasteiger partial charge in [-0.05, 0) is 70.1 Å². The lowest BCUT2D eigenvalue weighted by molar-refractivity contribution is 0.154. The minimum atomic E-state index is 0.221. The fourth-order valence-electron chi connectivity index (χ4n) is 4.39. The van der Waals surface area contributed by atoms with Gasteiger partial charge < -0.3 is 24.8 Å². The Morgan fingerprint density at radius 3 is 2.58 bits per heavy atom. The van der Waals surface area contributed by atoms with Crippen LogP contribution in [-0.2, 0) is 6.54 Å². The predicted octanol–water partition coefficient (Wildman–Crippen LogP) is 3.16. The third-order valence-electron chi connectivity index (χ3n) is 6.10. The number of anilines is 1. The van der Waals surface area contributed by atoms with Gasteiger partial charge in [-0.2, -0.15) is 0 Å². The van der Waals surface area contributed by atoms with Crippen LogP contribution in [0.25, 0.3) is 11.0 Å². The van der Waals surface area contributed by atoms with Gasteiger partial charge in [0, 0.05) is 38.4 Å². The van der Waals surface area contributed by atoms with Crippen molar-refractivity contribution in [1.29, 1.82) is 0 Å². The molecule has 0 amide bonds. The highest BCUT2D eigenvalue weighted by Crippen LogP contribution is 2.27. The number of nitrogens with one attached hydrogen (secondary N) is 1. The molecule has 0 atom stereocenters. The van der Waals surface area contributed by atoms with Crippen LogP contribution in [0.3, 0.4) is 0 Å². The zero-order valence-corrected chi connectivity index (χ0v) is 19.1. The molecule has 0 spiro atoms. The number of hydrogen-bond acceptors (Lipinski definition) is 6. The van der Waals surface area contributed by atoms with E-state index in [2.05, 4.69) is 57.7 Å². The molecule has 1 aliphatic rings. The molecule has 7 nitrogen and oxygen atoms in total. The van der Waals surface area contributed by atoms with E-state index in [0.29, 0.717) is 12.2 Å². The first kappa shape index (κ1) is 21.6. The van der Waals surface area contributed by atoms with Crippen molar-refractivity contribution in [1.82, 2.24) is 24.3 Å². The van der Waals surface area contributed by atoms with Gasteiger partial charge in [0.25, 0.3) is 0 Å². The summed E-state index contributed by atoms with van der Waals surface area (Å²) in [7, 11) is 2.19. The standard InChI is InChI=1S/C24H34N6O/c1-17-14-18(2)23-20(15-17)27-24(25-8-5-9-29-12-10-28(4)11-13-29)30(23)16-21-22(31)7-6-19(3)26-21/h6-7,14-15,31H,5,8-13,16H2,1-4H3,(H,25,27). The summed E-state index contributed by atoms with van der Waals surface area (Å²) in [5, 5.41) is 13.9. The van der Waals surface area contributed by atoms with Crippen LogP contribution >= 0.6 is 0 Å². The molecule has 2 N–H and O–H groups in total. The number of hydrogen-bond donors (Lipinski definition) is 2. The van der Waals surface area contributed by atoms with Gasteiger partial charge in [0.2, 0.25) is 5.95 Å². The number of pyridine rings is 1. The molecule has 166 valence electrons. The minimum Gasteiger partial charge on any atom is -0.506 e. The third kappa shape index (κ3) is 4.99. The summed E-state index contributed by atoms with van der Waals surface area (Å²) in [6.45, 7) is 13.2. The van der Waals surface area contributed by atoms with Gasteiger partial charge in [-0.1, -0.05) is 6.07 Å². The monoisotopic (exact) mass is 422 g/mol. The lowest BCUT2D eigenvalue weighted by Gasteiger charge is -2.32. The highest BCUT2D eigenvalue weighted by atomic mass is 16.3. The summed E-state index contributed by atoms with van der Waals surface area (Å²) < 4.78 is 2.15. The van der Waals surface area contributed by atoms with E-state index in [1.807, 2.05) is 13.0 Å². The number of nitrogens with zero attached hydrogens (tertiary/aromatic N) is 5. The van der Waals surface area contributed by atoms with Gasteiger partial charge in [-0.15, -0.1) is 0 Å². The van der Waals surface area contributed by atoms with E-state index in [9.17, 15) is 5.11 Å². The highest BCUT2D eigenvalue weighted by Gasteiger charge is 2.17. The van der Waals surface area contributed by atoms with Crippen LogP contribution < -0.4 is 5.32 Å². The number of aryl methyl sites for hydroxylation is 3. The second kappa shape index (κ2) is 9.24. The summed E-state index contributed by atoms with van der Waals surface area (Å²) in [6.07, 6.45) is 1.07. The minimum absolute atomic E-state index is 0.221. The Hall–Kier alpha value is -2.64. The van der Waals surface area contributed by atoms with Crippen molar-refractivity contribution >= 4 is 17.0 Å². The second-order valence-electron chi connectivity index (χ2n) is 8.81. The van der Waals surface area contributed by atoms with Crippen LogP contribution in [0.4, 0.5) is 5.95 Å². The molecule has 1 fully saturated rings. The van der Waals surface area contributed by atoms with Crippen molar-refractivity contribution < 1.29 is 5.11 Å². The quantitative estimate of drug-likeness (QED) is 0.570. The van der Waals surface area contributed by atoms with E-state index < -0.39 is 0 Å². The maximum atomic E-state index is 10.4. The van der Waals surface area contributed by atoms with Gasteiger partial charge in [-0.25, -0.2) is 4.98 Å². The highest BCUT2D eigenvalue weighted by molar-refractivity contribution is 5.83. The Bertz CT molecular complexity index is 1050. The molecule has 2 aromatic heterocycles. The number of aromatic hydroxyl groups is 1. The molecular weight excluding hydrogens is 388 g/mol. The van der Waals surface area contributed by atoms with Gasteiger partial charge in [-0.3, -0.25) is 4.98 Å². The first-order valence-corrected chi connectivity index (χ1v) is 11.2. The third-order valence-corrected chi connectivity index (χ3v) is 6.10. The van der Waals surface area contributed by atoms with Crippen molar-refractivity contribution in [2.24, 2.45) is 0 Å². The topological polar surface area (TPSA) is 69.5 Å². The predicted molar refractivity (Wildman–Crippen MR) is 126 cm³/mol. The van der Waals surface area contributed by atoms with E-state index in [4.69, 9.17) is 4.98 Å². The van der Waals surface area contributed by atoms with Gasteiger partial charge >= 0.3 is 0 Å². The van der Waals surface area contributed by atoms with Crippen LogP contribution in [0.5, 0.6) is 5.75 Å². The fraction of sp³-hybridized carbons (Fsp3) is 0.500. The average molecular weight is 423 g/mol. The summed E-state index contributed by atoms with van der Waals surface area (Å²) in [5.74, 6) is 1.06. The number of likely N-dealkylation sites (N-methyl/N-ethyl adjacent to an activating group) is 1. The summed E-state index contributed by atoms with van der Waals surface area (Å²) >= 11 is 0. The zero-order chi connectivity index (χ0) is 22.0. The van der Waals surface area contributed by atoms with Crippen LogP contribution in [0.2, 0.25) is 0 Å². The Kier molecular flexibility index (Phi) is 6.43. The molecular formula is C24H34N6O. The SMILES string of the molecule is Cc1cc(C)c2c(c1)nc(NCCCN1CCN(C)CC1)n2Cc1nc(C)ccc1O. The summed E-state index contributed by atoms with van der Waals surface area (Å²) in [4.78, 5) is 14.4. The van der Waals surface area contributed by atoms with Crippen LogP contribution in [0.1, 0.15) is 28.9 Å². The van der Waals surface area contributed by atoms with Gasteiger partial charge in [0.15, 0.2) is 0 Å². The van der Waals surface area contributed by atoms with Crippen LogP contribution in [0.15, 0.2) is 24.3 Å². The molecule has 4 rings (SSSR count). The Morgan fingerprint density at radius 1 is 1.03 bits per heavy atom. The molecule has 0 unspecified atom stereocenters. The fourth-order valence-corrected chi connectivity index (χ4v) is 4.39. The Labute approximate surface area is 184 Å². The van der Waals surface area contributed by atoms with E-state index in [0.717, 1.165) is 68.4 Å². The van der Waals surface area contributed by atoms with E-state index in [-0.39, 0.29) is 5.75 Å². The van der Waals surface area contributed by atoms with Crippen LogP contribution in [0, 0.1) is 20.8 Å². The maximum absolute atomic E-state index is 10.4.